The third-order valence-corrected chi connectivity index (χ3v) is 23.0. The van der Waals surface area contributed by atoms with Gasteiger partial charge in [0.1, 0.15) is 59.6 Å². The van der Waals surface area contributed by atoms with Crippen LogP contribution in [0.2, 0.25) is 0 Å². The number of fused-ring (bicyclic) bond motifs is 8. The molecule has 8 amide bonds. The van der Waals surface area contributed by atoms with Crippen molar-refractivity contribution < 1.29 is 57.5 Å². The van der Waals surface area contributed by atoms with Crippen LogP contribution in [-0.2, 0) is 83.2 Å². The van der Waals surface area contributed by atoms with Gasteiger partial charge in [-0.2, -0.15) is 0 Å². The zero-order chi connectivity index (χ0) is 73.8. The van der Waals surface area contributed by atoms with Gasteiger partial charge < -0.3 is 68.5 Å². The Bertz CT molecular complexity index is 4150. The standard InChI is InChI=1S/C74H91N15O12S3/c1-42-67(94)82-43(2)68(95)85-59(27-49-35-80-56-21-9-7-19-54(49)56)71(98)88-61-38-104-103-37-50(65(92)28-45(15-10-22-75)63(90)29-46(16-11-23-76)69(96)83-42)31-64(91)47(26-48-34-79-55-20-8-6-18-53(48)55)30-66(93)57(32-51-17-12-24-78-51)84-70(97)58(25-44-13-4-3-5-14-44)86-72(99)60(33-52-36-77-40-81-52)87-73(100)62-39-102-41-89(62)74(61)101/h3-9,13-14,17-21,24,34-36,40,42-43,45-47,50,57-62,79-80H,10-12,15-16,22-23,25-33,37-39,41,75-76H2,1-2H3,(H,77,81)(H,82,94)(H,83,96)(H,84,97)(H,85,95)(H,86,99)(H,87,100)(H,88,98)/t42-,43-,45+,46+,47+,50-,57-,58+,59-,60-,61-,62-/m0/s1. The molecule has 0 spiro atoms. The Hall–Kier alpha value is -9.23. The molecule has 4 aliphatic heterocycles. The summed E-state index contributed by atoms with van der Waals surface area (Å²) in [6, 6.07) is 12.8. The van der Waals surface area contributed by atoms with Gasteiger partial charge in [-0.25, -0.2) is 4.98 Å². The van der Waals surface area contributed by atoms with Gasteiger partial charge in [0.2, 0.25) is 47.3 Å². The van der Waals surface area contributed by atoms with Crippen LogP contribution in [0.5, 0.6) is 0 Å². The first-order chi connectivity index (χ1) is 50.2. The SMILES string of the molecule is C[C@@H]1NC(=O)[C@H](CCCN)CC(=O)[C@H](CCCN)CC(=O)[C@@H]2CSSC[C@H](NC(=O)[C@H](Cc3c[nH]c4ccccc34)NC(=O)[C@H](C)NC1=O)C(=O)N1CSC[C@H]1C(=O)N[C@@H](Cc1cnc[nH]1)C(=O)N[C@H](Cc1ccccc1)C(=O)N[C@@H](CC1=CCC=N1)C(=O)C[C@@H](Cc1c[nH]c3ccccc13)C(=O)C2. The Kier molecular flexibility index (Phi) is 27.9. The number of para-hydroxylation sites is 2. The van der Waals surface area contributed by atoms with Gasteiger partial charge in [0.15, 0.2) is 5.78 Å². The zero-order valence-corrected chi connectivity index (χ0v) is 60.6. The van der Waals surface area contributed by atoms with Gasteiger partial charge >= 0.3 is 0 Å². The van der Waals surface area contributed by atoms with Gasteiger partial charge in [0, 0.05) is 157 Å². The van der Waals surface area contributed by atoms with Gasteiger partial charge in [-0.15, -0.1) is 11.8 Å². The number of hydrogen-bond acceptors (Lipinski definition) is 19. The van der Waals surface area contributed by atoms with E-state index in [-0.39, 0.29) is 94.0 Å². The first kappa shape index (κ1) is 77.4. The summed E-state index contributed by atoms with van der Waals surface area (Å²) in [5.41, 5.74) is 16.4. The minimum atomic E-state index is -1.48. The molecule has 30 heteroatoms. The maximum atomic E-state index is 15.8. The third kappa shape index (κ3) is 20.8. The first-order valence-electron chi connectivity index (χ1n) is 35.3. The maximum Gasteiger partial charge on any atom is 0.247 e. The van der Waals surface area contributed by atoms with E-state index in [2.05, 4.69) is 62.1 Å². The molecule has 0 aliphatic carbocycles. The van der Waals surface area contributed by atoms with E-state index in [0.29, 0.717) is 47.3 Å². The van der Waals surface area contributed by atoms with Crippen molar-refractivity contribution in [1.82, 2.24) is 62.1 Å². The largest absolute Gasteiger partial charge is 0.361 e. The molecule has 0 saturated carbocycles. The second-order valence-corrected chi connectivity index (χ2v) is 30.6. The number of thioether (sulfide) groups is 1. The minimum Gasteiger partial charge on any atom is -0.361 e. The monoisotopic (exact) mass is 1480 g/mol. The molecule has 3 aromatic carbocycles. The number of Topliss-reactive ketones (excluding diaryl/α,β-unsaturated/α-hetero) is 4. The number of allylic oxidation sites excluding steroid dienone is 1. The number of hydrogen-bond donors (Lipinski definition) is 12. The summed E-state index contributed by atoms with van der Waals surface area (Å²) >= 11 is 1.24. The van der Waals surface area contributed by atoms with Crippen LogP contribution in [0.1, 0.15) is 100 Å². The fourth-order valence-corrected chi connectivity index (χ4v) is 17.1. The van der Waals surface area contributed by atoms with E-state index in [9.17, 15) is 19.2 Å². The molecule has 0 unspecified atom stereocenters. The van der Waals surface area contributed by atoms with Crippen molar-refractivity contribution >= 4 is 132 Å². The van der Waals surface area contributed by atoms with E-state index >= 15 is 38.4 Å². The van der Waals surface area contributed by atoms with Crippen molar-refractivity contribution in [3.05, 3.63) is 138 Å². The number of aromatic nitrogens is 4. The molecule has 0 radical (unpaired) electrons. The second kappa shape index (κ2) is 37.5. The number of H-pyrrole nitrogens is 3. The van der Waals surface area contributed by atoms with Crippen LogP contribution in [-0.4, -0.2) is 186 Å². The molecule has 12 atom stereocenters. The number of nitrogens with one attached hydrogen (secondary N) is 10. The van der Waals surface area contributed by atoms with Crippen LogP contribution in [0.15, 0.2) is 121 Å². The predicted octanol–water partition coefficient (Wildman–Crippen LogP) is 3.91. The van der Waals surface area contributed by atoms with Crippen LogP contribution in [0, 0.1) is 23.7 Å². The van der Waals surface area contributed by atoms with Crippen molar-refractivity contribution in [2.45, 2.75) is 152 Å². The Balaban J connectivity index is 1.08. The molecule has 3 saturated heterocycles. The van der Waals surface area contributed by atoms with Crippen LogP contribution < -0.4 is 48.7 Å². The number of carbonyl (C=O) groups excluding carboxylic acids is 12. The van der Waals surface area contributed by atoms with Crippen LogP contribution in [0.4, 0.5) is 0 Å². The molecule has 10 rings (SSSR count). The summed E-state index contributed by atoms with van der Waals surface area (Å²) in [6.45, 7) is 3.13. The summed E-state index contributed by atoms with van der Waals surface area (Å²) in [7, 11) is 2.20. The van der Waals surface area contributed by atoms with Gasteiger partial charge in [0.25, 0.3) is 0 Å². The maximum absolute atomic E-state index is 15.8. The highest BCUT2D eigenvalue weighted by Crippen LogP contribution is 2.34. The molecule has 27 nitrogen and oxygen atoms in total. The average molecular weight is 1480 g/mol. The number of ketones is 4. The van der Waals surface area contributed by atoms with E-state index in [0.717, 1.165) is 43.4 Å². The predicted molar refractivity (Wildman–Crippen MR) is 399 cm³/mol. The molecule has 14 N–H and O–H groups in total. The normalized spacial score (nSPS) is 26.2. The van der Waals surface area contributed by atoms with Crippen molar-refractivity contribution in [3.8, 4) is 0 Å². The molecule has 3 aromatic heterocycles. The number of carbonyl (C=O) groups is 12. The molecular weight excluding hydrogens is 1390 g/mol. The molecule has 104 heavy (non-hydrogen) atoms. The molecule has 7 heterocycles. The summed E-state index contributed by atoms with van der Waals surface area (Å²) in [6.07, 6.45) is 9.08. The van der Waals surface area contributed by atoms with E-state index in [1.165, 1.54) is 43.0 Å². The smallest absolute Gasteiger partial charge is 0.247 e. The van der Waals surface area contributed by atoms with Gasteiger partial charge in [0.05, 0.1) is 18.2 Å². The lowest BCUT2D eigenvalue weighted by molar-refractivity contribution is -0.141. The third-order valence-electron chi connectivity index (χ3n) is 19.4. The topological polar surface area (TPSA) is 417 Å². The summed E-state index contributed by atoms with van der Waals surface area (Å²) < 4.78 is 0. The first-order valence-corrected chi connectivity index (χ1v) is 39.0. The summed E-state index contributed by atoms with van der Waals surface area (Å²) in [5.74, 6) is -12.7. The Labute approximate surface area is 614 Å². The fourth-order valence-electron chi connectivity index (χ4n) is 13.5. The van der Waals surface area contributed by atoms with E-state index in [4.69, 9.17) is 11.5 Å². The quantitative estimate of drug-likeness (QED) is 0.0611. The van der Waals surface area contributed by atoms with Gasteiger partial charge in [-0.05, 0) is 87.9 Å². The number of imidazole rings is 1. The molecule has 3 fully saturated rings. The lowest BCUT2D eigenvalue weighted by Gasteiger charge is -2.30. The zero-order valence-electron chi connectivity index (χ0n) is 58.2. The lowest BCUT2D eigenvalue weighted by atomic mass is 9.81. The highest BCUT2D eigenvalue weighted by Gasteiger charge is 2.43. The van der Waals surface area contributed by atoms with Crippen molar-refractivity contribution in [1.29, 1.82) is 0 Å². The molecular formula is C74H91N15O12S3. The van der Waals surface area contributed by atoms with Gasteiger partial charge in [-0.1, -0.05) is 94.4 Å². The summed E-state index contributed by atoms with van der Waals surface area (Å²) in [4.78, 5) is 200. The van der Waals surface area contributed by atoms with E-state index < -0.39 is 155 Å². The molecule has 4 aliphatic rings. The number of aromatic amines is 3. The summed E-state index contributed by atoms with van der Waals surface area (Å²) in [5, 5.41) is 21.2. The number of rotatable bonds is 16. The highest BCUT2D eigenvalue weighted by atomic mass is 33.1. The van der Waals surface area contributed by atoms with E-state index in [1.807, 2.05) is 54.6 Å². The Morgan fingerprint density at radius 1 is 0.500 bits per heavy atom. The van der Waals surface area contributed by atoms with Crippen molar-refractivity contribution in [2.75, 3.05) is 36.2 Å². The van der Waals surface area contributed by atoms with Crippen molar-refractivity contribution in [3.63, 3.8) is 0 Å². The number of benzene rings is 3. The molecule has 552 valence electrons. The molecule has 2 bridgehead atoms. The van der Waals surface area contributed by atoms with Crippen molar-refractivity contribution in [2.24, 2.45) is 40.1 Å². The Morgan fingerprint density at radius 3 is 1.72 bits per heavy atom. The minimum absolute atomic E-state index is 0.000879. The number of nitrogens with zero attached hydrogens (tertiary/aromatic N) is 3. The number of nitrogens with two attached hydrogens (primary N) is 2. The van der Waals surface area contributed by atoms with E-state index in [1.54, 1.807) is 48.9 Å². The number of aliphatic imine (C=N–C) groups is 1. The van der Waals surface area contributed by atoms with Crippen LogP contribution in [0.3, 0.4) is 0 Å². The number of amides is 8. The fraction of sp³-hybridized carbons (Fsp3) is 0.459. The van der Waals surface area contributed by atoms with Gasteiger partial charge in [-0.3, -0.25) is 62.5 Å². The lowest BCUT2D eigenvalue weighted by Crippen LogP contribution is -2.61. The van der Waals surface area contributed by atoms with Crippen LogP contribution >= 0.6 is 33.3 Å². The van der Waals surface area contributed by atoms with Crippen LogP contribution in [0.25, 0.3) is 21.8 Å². The average Bonchev–Trinajstić information content (AvgIpc) is 1.62. The molecule has 6 aromatic rings. The Morgan fingerprint density at radius 2 is 1.06 bits per heavy atom. The highest BCUT2D eigenvalue weighted by molar-refractivity contribution is 8.76. The second-order valence-electron chi connectivity index (χ2n) is 27.0.